The fraction of sp³-hybridized carbons (Fsp3) is 0.304. The summed E-state index contributed by atoms with van der Waals surface area (Å²) in [5.41, 5.74) is 6.94. The van der Waals surface area contributed by atoms with Crippen LogP contribution in [0.5, 0.6) is 11.6 Å². The van der Waals surface area contributed by atoms with E-state index in [1.54, 1.807) is 6.20 Å². The number of imidazole rings is 1. The van der Waals surface area contributed by atoms with Gasteiger partial charge in [0.15, 0.2) is 6.17 Å². The second-order valence-corrected chi connectivity index (χ2v) is 8.06. The van der Waals surface area contributed by atoms with Crippen molar-refractivity contribution in [2.24, 2.45) is 5.73 Å². The number of benzene rings is 1. The zero-order chi connectivity index (χ0) is 25.9. The highest BCUT2D eigenvalue weighted by atomic mass is 19.4. The minimum atomic E-state index is -4.81. The van der Waals surface area contributed by atoms with Gasteiger partial charge in [-0.05, 0) is 23.8 Å². The van der Waals surface area contributed by atoms with Crippen LogP contribution in [-0.4, -0.2) is 63.4 Å². The van der Waals surface area contributed by atoms with E-state index < -0.39 is 30.3 Å². The Kier molecular flexibility index (Phi) is 7.08. The molecule has 2 amide bonds. The minimum Gasteiger partial charge on any atom is -0.471 e. The molecular weight excluding hydrogens is 486 g/mol. The van der Waals surface area contributed by atoms with Crippen LogP contribution in [-0.2, 0) is 11.2 Å². The van der Waals surface area contributed by atoms with Gasteiger partial charge in [0.25, 0.3) is 5.91 Å². The maximum Gasteiger partial charge on any atom is 0.573 e. The summed E-state index contributed by atoms with van der Waals surface area (Å²) in [6.45, 7) is -0.0769. The normalized spacial score (nSPS) is 18.1. The van der Waals surface area contributed by atoms with Crippen molar-refractivity contribution in [3.63, 3.8) is 0 Å². The first kappa shape index (κ1) is 24.9. The second kappa shape index (κ2) is 10.2. The molecule has 0 radical (unpaired) electrons. The number of piperidine rings is 1. The van der Waals surface area contributed by atoms with E-state index in [9.17, 15) is 27.2 Å². The van der Waals surface area contributed by atoms with E-state index in [1.165, 1.54) is 35.6 Å². The maximum absolute atomic E-state index is 14.9. The van der Waals surface area contributed by atoms with E-state index in [4.69, 9.17) is 10.5 Å². The average molecular weight is 507 g/mol. The van der Waals surface area contributed by atoms with Crippen molar-refractivity contribution in [1.82, 2.24) is 19.9 Å². The maximum atomic E-state index is 14.9. The monoisotopic (exact) mass is 507 g/mol. The van der Waals surface area contributed by atoms with Crippen LogP contribution >= 0.6 is 0 Å². The summed E-state index contributed by atoms with van der Waals surface area (Å²) in [4.78, 5) is 36.8. The Balaban J connectivity index is 1.36. The Bertz CT molecular complexity index is 1220. The summed E-state index contributed by atoms with van der Waals surface area (Å²) in [7, 11) is 0. The molecule has 0 bridgehead atoms. The molecule has 0 unspecified atom stereocenters. The molecule has 0 spiro atoms. The topological polar surface area (TPSA) is 123 Å². The van der Waals surface area contributed by atoms with Crippen molar-refractivity contribution >= 4 is 11.8 Å². The Morgan fingerprint density at radius 2 is 1.94 bits per heavy atom. The summed E-state index contributed by atoms with van der Waals surface area (Å²) in [6, 6.07) is 6.35. The lowest BCUT2D eigenvalue weighted by Crippen LogP contribution is -2.49. The largest absolute Gasteiger partial charge is 0.573 e. The minimum absolute atomic E-state index is 0.0286. The summed E-state index contributed by atoms with van der Waals surface area (Å²) >= 11 is 0. The van der Waals surface area contributed by atoms with Gasteiger partial charge in [-0.1, -0.05) is 12.1 Å². The van der Waals surface area contributed by atoms with Gasteiger partial charge in [-0.3, -0.25) is 9.59 Å². The first-order valence-electron chi connectivity index (χ1n) is 10.8. The van der Waals surface area contributed by atoms with E-state index in [1.807, 2.05) is 0 Å². The number of nitrogens with zero attached hydrogens (tertiary/aromatic N) is 3. The molecule has 4 rings (SSSR count). The van der Waals surface area contributed by atoms with Gasteiger partial charge in [-0.25, -0.2) is 14.4 Å². The Labute approximate surface area is 202 Å². The SMILES string of the molecule is NC(=O)c1cc(-c2c[nH]cn2)cnc1O[C@@H]1CCN(C(=O)Cc2ccc(OC(F)(F)F)cc2)C[C@@H]1F. The van der Waals surface area contributed by atoms with Gasteiger partial charge in [0.1, 0.15) is 17.4 Å². The predicted octanol–water partition coefficient (Wildman–Crippen LogP) is 3.03. The number of hydrogen-bond acceptors (Lipinski definition) is 6. The molecule has 3 N–H and O–H groups in total. The standard InChI is InChI=1S/C23H21F4N5O4/c24-17-11-32(20(33)7-13-1-3-15(4-2-13)36-23(25,26)27)6-5-19(17)35-22-16(21(28)34)8-14(9-30-22)18-10-29-12-31-18/h1-4,8-10,12,17,19H,5-7,11H2,(H2,28,34)(H,29,31)/t17-,19+/m0/s1. The summed E-state index contributed by atoms with van der Waals surface area (Å²) < 4.78 is 61.2. The third-order valence-corrected chi connectivity index (χ3v) is 5.52. The number of aromatic amines is 1. The van der Waals surface area contributed by atoms with Crippen LogP contribution in [0.2, 0.25) is 0 Å². The fourth-order valence-corrected chi connectivity index (χ4v) is 3.76. The number of nitrogens with two attached hydrogens (primary N) is 1. The molecule has 1 saturated heterocycles. The molecule has 190 valence electrons. The number of carbonyl (C=O) groups is 2. The Hall–Kier alpha value is -4.16. The van der Waals surface area contributed by atoms with Crippen molar-refractivity contribution in [1.29, 1.82) is 0 Å². The first-order chi connectivity index (χ1) is 17.1. The predicted molar refractivity (Wildman–Crippen MR) is 118 cm³/mol. The van der Waals surface area contributed by atoms with Crippen LogP contribution in [0.4, 0.5) is 17.6 Å². The van der Waals surface area contributed by atoms with Gasteiger partial charge < -0.3 is 25.1 Å². The molecular formula is C23H21F4N5O4. The van der Waals surface area contributed by atoms with Gasteiger partial charge in [0, 0.05) is 30.9 Å². The van der Waals surface area contributed by atoms with E-state index in [0.717, 1.165) is 12.1 Å². The molecule has 1 aromatic carbocycles. The molecule has 1 fully saturated rings. The quantitative estimate of drug-likeness (QED) is 0.474. The number of carbonyl (C=O) groups excluding carboxylic acids is 2. The van der Waals surface area contributed by atoms with Crippen LogP contribution in [0.15, 0.2) is 49.1 Å². The summed E-state index contributed by atoms with van der Waals surface area (Å²) in [5, 5.41) is 0. The van der Waals surface area contributed by atoms with E-state index >= 15 is 0 Å². The molecule has 0 saturated carbocycles. The molecule has 0 aliphatic carbocycles. The number of nitrogens with one attached hydrogen (secondary N) is 1. The molecule has 9 nitrogen and oxygen atoms in total. The molecule has 13 heteroatoms. The molecule has 2 atom stereocenters. The molecule has 2 aromatic heterocycles. The highest BCUT2D eigenvalue weighted by molar-refractivity contribution is 5.96. The van der Waals surface area contributed by atoms with Crippen molar-refractivity contribution < 1.29 is 36.6 Å². The van der Waals surface area contributed by atoms with Gasteiger partial charge in [-0.15, -0.1) is 13.2 Å². The smallest absolute Gasteiger partial charge is 0.471 e. The van der Waals surface area contributed by atoms with E-state index in [0.29, 0.717) is 16.8 Å². The Morgan fingerprint density at radius 3 is 2.56 bits per heavy atom. The molecule has 1 aliphatic rings. The number of halogens is 4. The number of rotatable bonds is 7. The molecule has 3 heterocycles. The number of aromatic nitrogens is 3. The third-order valence-electron chi connectivity index (χ3n) is 5.52. The van der Waals surface area contributed by atoms with Gasteiger partial charge in [0.05, 0.1) is 25.0 Å². The van der Waals surface area contributed by atoms with Crippen molar-refractivity contribution in [3.8, 4) is 22.9 Å². The Morgan fingerprint density at radius 1 is 1.19 bits per heavy atom. The second-order valence-electron chi connectivity index (χ2n) is 8.06. The van der Waals surface area contributed by atoms with Crippen molar-refractivity contribution in [3.05, 3.63) is 60.2 Å². The number of alkyl halides is 4. The highest BCUT2D eigenvalue weighted by Gasteiger charge is 2.34. The lowest BCUT2D eigenvalue weighted by molar-refractivity contribution is -0.274. The van der Waals surface area contributed by atoms with Crippen LogP contribution in [0, 0.1) is 0 Å². The zero-order valence-electron chi connectivity index (χ0n) is 18.7. The number of hydrogen-bond donors (Lipinski definition) is 2. The fourth-order valence-electron chi connectivity index (χ4n) is 3.76. The zero-order valence-corrected chi connectivity index (χ0v) is 18.7. The van der Waals surface area contributed by atoms with E-state index in [-0.39, 0.29) is 43.3 Å². The van der Waals surface area contributed by atoms with Crippen LogP contribution in [0.3, 0.4) is 0 Å². The number of primary amides is 1. The number of H-pyrrole nitrogens is 1. The highest BCUT2D eigenvalue weighted by Crippen LogP contribution is 2.27. The molecule has 1 aliphatic heterocycles. The third kappa shape index (κ3) is 6.09. The number of amides is 2. The van der Waals surface area contributed by atoms with Crippen LogP contribution in [0.1, 0.15) is 22.3 Å². The molecule has 36 heavy (non-hydrogen) atoms. The average Bonchev–Trinajstić information content (AvgIpc) is 3.36. The summed E-state index contributed by atoms with van der Waals surface area (Å²) in [6.07, 6.45) is -2.84. The summed E-state index contributed by atoms with van der Waals surface area (Å²) in [5.74, 6) is -1.71. The van der Waals surface area contributed by atoms with Gasteiger partial charge >= 0.3 is 6.36 Å². The first-order valence-corrected chi connectivity index (χ1v) is 10.8. The number of pyridine rings is 1. The van der Waals surface area contributed by atoms with Gasteiger partial charge in [-0.2, -0.15) is 0 Å². The molecule has 3 aromatic rings. The van der Waals surface area contributed by atoms with E-state index in [2.05, 4.69) is 19.7 Å². The number of ether oxygens (including phenoxy) is 2. The van der Waals surface area contributed by atoms with Gasteiger partial charge in [0.2, 0.25) is 11.8 Å². The number of likely N-dealkylation sites (tertiary alicyclic amines) is 1. The van der Waals surface area contributed by atoms with Crippen molar-refractivity contribution in [2.45, 2.75) is 31.5 Å². The lowest BCUT2D eigenvalue weighted by Gasteiger charge is -2.34. The van der Waals surface area contributed by atoms with Crippen LogP contribution in [0.25, 0.3) is 11.3 Å². The van der Waals surface area contributed by atoms with Crippen molar-refractivity contribution in [2.75, 3.05) is 13.1 Å². The lowest BCUT2D eigenvalue weighted by atomic mass is 10.0. The van der Waals surface area contributed by atoms with Crippen LogP contribution < -0.4 is 15.2 Å².